The average Bonchev–Trinajstić information content (AvgIpc) is 2.24. The highest BCUT2D eigenvalue weighted by atomic mass is 14.4. The maximum atomic E-state index is 2.43. The summed E-state index contributed by atoms with van der Waals surface area (Å²) >= 11 is 0. The molecule has 2 rings (SSSR count). The van der Waals surface area contributed by atoms with E-state index in [1.807, 2.05) is 0 Å². The van der Waals surface area contributed by atoms with Crippen molar-refractivity contribution in [1.82, 2.24) is 0 Å². The molecule has 2 atom stereocenters. The maximum Gasteiger partial charge on any atom is 0.00697 e. The molecule has 0 heterocycles. The normalized spacial score (nSPS) is 23.9. The molecule has 0 N–H and O–H groups in total. The van der Waals surface area contributed by atoms with E-state index in [2.05, 4.69) is 78.0 Å². The summed E-state index contributed by atoms with van der Waals surface area (Å²) in [5.74, 6) is 1.07. The Labute approximate surface area is 112 Å². The van der Waals surface area contributed by atoms with Gasteiger partial charge in [-0.3, -0.25) is 0 Å². The summed E-state index contributed by atoms with van der Waals surface area (Å²) in [5, 5.41) is 0. The lowest BCUT2D eigenvalue weighted by molar-refractivity contribution is 0.329. The van der Waals surface area contributed by atoms with Crippen molar-refractivity contribution in [1.29, 1.82) is 0 Å². The Morgan fingerprint density at radius 3 is 1.28 bits per heavy atom. The van der Waals surface area contributed by atoms with Crippen LogP contribution in [0.4, 0.5) is 0 Å². The fraction of sp³-hybridized carbons (Fsp3) is 0.556. The number of allylic oxidation sites excluding steroid dienone is 2. The van der Waals surface area contributed by atoms with E-state index < -0.39 is 0 Å². The van der Waals surface area contributed by atoms with E-state index in [-0.39, 0.29) is 10.8 Å². The van der Waals surface area contributed by atoms with Crippen molar-refractivity contribution in [3.8, 4) is 0 Å². The predicted molar refractivity (Wildman–Crippen MR) is 80.0 cm³/mol. The Balaban J connectivity index is 2.53. The quantitative estimate of drug-likeness (QED) is 0.526. The Kier molecular flexibility index (Phi) is 3.17. The van der Waals surface area contributed by atoms with Gasteiger partial charge in [0.1, 0.15) is 0 Å². The van der Waals surface area contributed by atoms with Gasteiger partial charge in [0.2, 0.25) is 0 Å². The maximum absolute atomic E-state index is 2.43. The first-order valence-electron chi connectivity index (χ1n) is 6.98. The molecule has 0 fully saturated rings. The van der Waals surface area contributed by atoms with Crippen LogP contribution in [0.2, 0.25) is 0 Å². The van der Waals surface area contributed by atoms with Crippen LogP contribution in [0.3, 0.4) is 0 Å². The van der Waals surface area contributed by atoms with Crippen molar-refractivity contribution in [2.24, 2.45) is 10.8 Å². The number of hydrogen-bond donors (Lipinski definition) is 0. The SMILES string of the molecule is CC(C)(C)C1C=CC(C(C)(C)C)c2ccccc21. The van der Waals surface area contributed by atoms with Crippen LogP contribution in [-0.4, -0.2) is 0 Å². The van der Waals surface area contributed by atoms with Crippen molar-refractivity contribution < 1.29 is 0 Å². The fourth-order valence-corrected chi connectivity index (χ4v) is 3.02. The first kappa shape index (κ1) is 13.4. The summed E-state index contributed by atoms with van der Waals surface area (Å²) < 4.78 is 0. The molecule has 0 radical (unpaired) electrons. The summed E-state index contributed by atoms with van der Waals surface area (Å²) in [6.07, 6.45) is 4.86. The molecule has 0 spiro atoms. The highest BCUT2D eigenvalue weighted by Gasteiger charge is 2.34. The van der Waals surface area contributed by atoms with E-state index in [1.54, 1.807) is 0 Å². The summed E-state index contributed by atoms with van der Waals surface area (Å²) in [6.45, 7) is 14.0. The van der Waals surface area contributed by atoms with Gasteiger partial charge in [0.05, 0.1) is 0 Å². The lowest BCUT2D eigenvalue weighted by atomic mass is 9.65. The largest absolute Gasteiger partial charge is 0.0798 e. The molecule has 18 heavy (non-hydrogen) atoms. The topological polar surface area (TPSA) is 0 Å². The first-order valence-corrected chi connectivity index (χ1v) is 6.98. The molecular weight excluding hydrogens is 216 g/mol. The molecule has 1 aromatic rings. The van der Waals surface area contributed by atoms with E-state index in [0.29, 0.717) is 11.8 Å². The molecule has 0 aliphatic heterocycles. The van der Waals surface area contributed by atoms with Gasteiger partial charge >= 0.3 is 0 Å². The Morgan fingerprint density at radius 2 is 1.00 bits per heavy atom. The summed E-state index contributed by atoms with van der Waals surface area (Å²) in [5.41, 5.74) is 3.62. The van der Waals surface area contributed by atoms with Crippen molar-refractivity contribution >= 4 is 0 Å². The van der Waals surface area contributed by atoms with Gasteiger partial charge in [0.25, 0.3) is 0 Å². The third kappa shape index (κ3) is 2.39. The lowest BCUT2D eigenvalue weighted by Gasteiger charge is -2.39. The predicted octanol–water partition coefficient (Wildman–Crippen LogP) is 5.52. The number of hydrogen-bond acceptors (Lipinski definition) is 0. The monoisotopic (exact) mass is 242 g/mol. The summed E-state index contributed by atoms with van der Waals surface area (Å²) in [6, 6.07) is 8.98. The van der Waals surface area contributed by atoms with Crippen LogP contribution in [0.1, 0.15) is 64.5 Å². The molecule has 2 unspecified atom stereocenters. The highest BCUT2D eigenvalue weighted by molar-refractivity contribution is 5.43. The fourth-order valence-electron chi connectivity index (χ4n) is 3.02. The van der Waals surface area contributed by atoms with Crippen LogP contribution in [-0.2, 0) is 0 Å². The van der Waals surface area contributed by atoms with Crippen LogP contribution in [0.15, 0.2) is 36.4 Å². The minimum absolute atomic E-state index is 0.287. The van der Waals surface area contributed by atoms with E-state index in [0.717, 1.165) is 0 Å². The molecule has 0 amide bonds. The highest BCUT2D eigenvalue weighted by Crippen LogP contribution is 2.48. The van der Waals surface area contributed by atoms with E-state index in [1.165, 1.54) is 11.1 Å². The Bertz CT molecular complexity index is 409. The number of fused-ring (bicyclic) bond motifs is 1. The minimum atomic E-state index is 0.287. The number of benzene rings is 1. The molecule has 98 valence electrons. The molecule has 0 saturated heterocycles. The van der Waals surface area contributed by atoms with Gasteiger partial charge in [-0.2, -0.15) is 0 Å². The van der Waals surface area contributed by atoms with Crippen molar-refractivity contribution in [2.75, 3.05) is 0 Å². The lowest BCUT2D eigenvalue weighted by Crippen LogP contribution is -2.26. The molecule has 0 aromatic heterocycles. The molecule has 1 aromatic carbocycles. The zero-order valence-corrected chi connectivity index (χ0v) is 12.6. The molecule has 1 aliphatic rings. The second-order valence-electron chi connectivity index (χ2n) is 7.70. The van der Waals surface area contributed by atoms with E-state index in [4.69, 9.17) is 0 Å². The van der Waals surface area contributed by atoms with Crippen molar-refractivity contribution in [3.63, 3.8) is 0 Å². The van der Waals surface area contributed by atoms with Crippen LogP contribution >= 0.6 is 0 Å². The smallest absolute Gasteiger partial charge is 0.00697 e. The second kappa shape index (κ2) is 4.26. The van der Waals surface area contributed by atoms with Crippen LogP contribution in [0, 0.1) is 10.8 Å². The molecule has 0 heteroatoms. The van der Waals surface area contributed by atoms with Gasteiger partial charge < -0.3 is 0 Å². The summed E-state index contributed by atoms with van der Waals surface area (Å²) in [7, 11) is 0. The van der Waals surface area contributed by atoms with Gasteiger partial charge in [-0.15, -0.1) is 0 Å². The van der Waals surface area contributed by atoms with Gasteiger partial charge in [0.15, 0.2) is 0 Å². The van der Waals surface area contributed by atoms with E-state index in [9.17, 15) is 0 Å². The third-order valence-corrected chi connectivity index (χ3v) is 4.03. The van der Waals surface area contributed by atoms with Crippen LogP contribution < -0.4 is 0 Å². The number of rotatable bonds is 0. The van der Waals surface area contributed by atoms with Gasteiger partial charge in [-0.25, -0.2) is 0 Å². The molecule has 0 nitrogen and oxygen atoms in total. The minimum Gasteiger partial charge on any atom is -0.0798 e. The zero-order chi connectivity index (χ0) is 13.6. The molecule has 0 bridgehead atoms. The van der Waals surface area contributed by atoms with Crippen LogP contribution in [0.25, 0.3) is 0 Å². The average molecular weight is 242 g/mol. The summed E-state index contributed by atoms with van der Waals surface area (Å²) in [4.78, 5) is 0. The molecular formula is C18H26. The van der Waals surface area contributed by atoms with Gasteiger partial charge in [-0.1, -0.05) is 78.0 Å². The molecule has 1 aliphatic carbocycles. The van der Waals surface area contributed by atoms with Gasteiger partial charge in [0, 0.05) is 11.8 Å². The van der Waals surface area contributed by atoms with E-state index >= 15 is 0 Å². The second-order valence-corrected chi connectivity index (χ2v) is 7.70. The Morgan fingerprint density at radius 1 is 0.667 bits per heavy atom. The zero-order valence-electron chi connectivity index (χ0n) is 12.6. The van der Waals surface area contributed by atoms with Crippen molar-refractivity contribution in [2.45, 2.75) is 53.4 Å². The van der Waals surface area contributed by atoms with Gasteiger partial charge in [-0.05, 0) is 22.0 Å². The third-order valence-electron chi connectivity index (χ3n) is 4.03. The molecule has 0 saturated carbocycles. The Hall–Kier alpha value is -1.04. The van der Waals surface area contributed by atoms with Crippen LogP contribution in [0.5, 0.6) is 0 Å². The van der Waals surface area contributed by atoms with Crippen molar-refractivity contribution in [3.05, 3.63) is 47.5 Å². The standard InChI is InChI=1S/C18H26/c1-17(2,3)15-11-12-16(18(4,5)6)14-10-8-7-9-13(14)15/h7-12,15-16H,1-6H3. The first-order chi connectivity index (χ1) is 8.21.